The van der Waals surface area contributed by atoms with Gasteiger partial charge in [-0.3, -0.25) is 9.89 Å². The minimum atomic E-state index is -0.480. The van der Waals surface area contributed by atoms with Crippen molar-refractivity contribution < 1.29 is 4.79 Å². The third-order valence-electron chi connectivity index (χ3n) is 4.86. The number of amides is 1. The summed E-state index contributed by atoms with van der Waals surface area (Å²) < 4.78 is 0. The largest absolute Gasteiger partial charge is 0.354 e. The lowest BCUT2D eigenvalue weighted by molar-refractivity contribution is -0.131. The molecular weight excluding hydrogens is 328 g/mol. The fourth-order valence-corrected chi connectivity index (χ4v) is 3.47. The highest BCUT2D eigenvalue weighted by molar-refractivity contribution is 5.92. The predicted molar refractivity (Wildman–Crippen MR) is 99.7 cm³/mol. The van der Waals surface area contributed by atoms with Gasteiger partial charge in [0.25, 0.3) is 0 Å². The Bertz CT molecular complexity index is 901. The number of nitrogens with one attached hydrogen (secondary N) is 2. The number of fused-ring (bicyclic) bond motifs is 1. The van der Waals surface area contributed by atoms with Crippen LogP contribution in [0.4, 0.5) is 5.82 Å². The second kappa shape index (κ2) is 7.11. The number of carbonyl (C=O) groups excluding carboxylic acids is 1. The van der Waals surface area contributed by atoms with Crippen LogP contribution in [0.5, 0.6) is 0 Å². The van der Waals surface area contributed by atoms with Gasteiger partial charge >= 0.3 is 0 Å². The molecule has 3 aromatic rings. The van der Waals surface area contributed by atoms with Crippen molar-refractivity contribution in [3.8, 4) is 0 Å². The first-order chi connectivity index (χ1) is 12.8. The fourth-order valence-electron chi connectivity index (χ4n) is 3.47. The van der Waals surface area contributed by atoms with E-state index in [2.05, 4.69) is 25.5 Å². The molecule has 3 heterocycles. The van der Waals surface area contributed by atoms with Gasteiger partial charge in [-0.15, -0.1) is 0 Å². The summed E-state index contributed by atoms with van der Waals surface area (Å²) in [6, 6.07) is 9.32. The summed E-state index contributed by atoms with van der Waals surface area (Å²) in [5, 5.41) is 11.5. The van der Waals surface area contributed by atoms with Crippen LogP contribution in [-0.2, 0) is 11.2 Å². The first-order valence-corrected chi connectivity index (χ1v) is 9.06. The van der Waals surface area contributed by atoms with Crippen LogP contribution in [0.15, 0.2) is 36.7 Å². The molecule has 4 rings (SSSR count). The predicted octanol–water partition coefficient (Wildman–Crippen LogP) is 2.69. The van der Waals surface area contributed by atoms with E-state index in [-0.39, 0.29) is 5.91 Å². The summed E-state index contributed by atoms with van der Waals surface area (Å²) in [6.07, 6.45) is 4.39. The molecule has 1 unspecified atom stereocenters. The van der Waals surface area contributed by atoms with Crippen LogP contribution < -0.4 is 5.32 Å². The van der Waals surface area contributed by atoms with Crippen LogP contribution in [0.1, 0.15) is 37.1 Å². The van der Waals surface area contributed by atoms with E-state index in [9.17, 15) is 4.79 Å². The Morgan fingerprint density at radius 1 is 1.23 bits per heavy atom. The molecule has 0 radical (unpaired) electrons. The Morgan fingerprint density at radius 2 is 2.00 bits per heavy atom. The van der Waals surface area contributed by atoms with Crippen LogP contribution in [0, 0.1) is 0 Å². The number of H-pyrrole nitrogens is 1. The molecule has 7 heteroatoms. The van der Waals surface area contributed by atoms with E-state index in [0.29, 0.717) is 11.5 Å². The molecule has 0 bridgehead atoms. The number of aromatic nitrogens is 4. The quantitative estimate of drug-likeness (QED) is 0.739. The Labute approximate surface area is 151 Å². The summed E-state index contributed by atoms with van der Waals surface area (Å²) in [6.45, 7) is 3.68. The molecule has 2 aromatic heterocycles. The molecule has 134 valence electrons. The lowest BCUT2D eigenvalue weighted by Gasteiger charge is -2.25. The minimum absolute atomic E-state index is 0.0852. The van der Waals surface area contributed by atoms with Gasteiger partial charge in [-0.05, 0) is 24.8 Å². The Hall–Kier alpha value is -2.96. The Balaban J connectivity index is 1.73. The van der Waals surface area contributed by atoms with Crippen molar-refractivity contribution in [2.75, 3.05) is 18.4 Å². The molecule has 26 heavy (non-hydrogen) atoms. The van der Waals surface area contributed by atoms with E-state index < -0.39 is 6.04 Å². The van der Waals surface area contributed by atoms with Crippen molar-refractivity contribution in [3.05, 3.63) is 47.9 Å². The van der Waals surface area contributed by atoms with Crippen LogP contribution in [-0.4, -0.2) is 44.1 Å². The van der Waals surface area contributed by atoms with Gasteiger partial charge in [0.2, 0.25) is 5.91 Å². The number of hydrogen-bond acceptors (Lipinski definition) is 5. The topological polar surface area (TPSA) is 86.8 Å². The number of rotatable bonds is 5. The summed E-state index contributed by atoms with van der Waals surface area (Å²) in [4.78, 5) is 23.7. The molecule has 1 aliphatic heterocycles. The Kier molecular flexibility index (Phi) is 4.51. The van der Waals surface area contributed by atoms with E-state index >= 15 is 0 Å². The summed E-state index contributed by atoms with van der Waals surface area (Å²) in [5.74, 6) is 0.726. The van der Waals surface area contributed by atoms with Crippen molar-refractivity contribution in [1.29, 1.82) is 0 Å². The zero-order valence-corrected chi connectivity index (χ0v) is 14.8. The molecule has 0 saturated carbocycles. The highest BCUT2D eigenvalue weighted by Crippen LogP contribution is 2.28. The number of aromatic amines is 1. The maximum Gasteiger partial charge on any atom is 0.249 e. The molecule has 0 spiro atoms. The van der Waals surface area contributed by atoms with Crippen LogP contribution in [0.3, 0.4) is 0 Å². The SMILES string of the molecule is CCc1[nH]nc2ncnc(NC(C(=O)N3CCCC3)c3ccccc3)c12. The van der Waals surface area contributed by atoms with Crippen LogP contribution in [0.25, 0.3) is 11.0 Å². The highest BCUT2D eigenvalue weighted by atomic mass is 16.2. The third kappa shape index (κ3) is 3.00. The monoisotopic (exact) mass is 350 g/mol. The lowest BCUT2D eigenvalue weighted by Crippen LogP contribution is -2.36. The summed E-state index contributed by atoms with van der Waals surface area (Å²) in [5.41, 5.74) is 2.50. The van der Waals surface area contributed by atoms with Crippen molar-refractivity contribution in [1.82, 2.24) is 25.1 Å². The summed E-state index contributed by atoms with van der Waals surface area (Å²) >= 11 is 0. The third-order valence-corrected chi connectivity index (χ3v) is 4.86. The first kappa shape index (κ1) is 16.5. The number of aryl methyl sites for hydroxylation is 1. The van der Waals surface area contributed by atoms with Crippen molar-refractivity contribution in [3.63, 3.8) is 0 Å². The van der Waals surface area contributed by atoms with Crippen molar-refractivity contribution >= 4 is 22.8 Å². The second-order valence-corrected chi connectivity index (χ2v) is 6.50. The van der Waals surface area contributed by atoms with Gasteiger partial charge in [0, 0.05) is 18.8 Å². The number of likely N-dealkylation sites (tertiary alicyclic amines) is 1. The molecule has 1 aromatic carbocycles. The molecule has 7 nitrogen and oxygen atoms in total. The molecule has 1 aliphatic rings. The van der Waals surface area contributed by atoms with Gasteiger partial charge in [-0.1, -0.05) is 37.3 Å². The number of nitrogens with zero attached hydrogens (tertiary/aromatic N) is 4. The molecule has 2 N–H and O–H groups in total. The Morgan fingerprint density at radius 3 is 2.73 bits per heavy atom. The fraction of sp³-hybridized carbons (Fsp3) is 0.368. The standard InChI is InChI=1S/C19H22N6O/c1-2-14-15-17(20-12-21-18(15)24-23-14)22-16(13-8-4-3-5-9-13)19(26)25-10-6-7-11-25/h3-5,8-9,12,16H,2,6-7,10-11H2,1H3,(H2,20,21,22,23,24). The van der Waals surface area contributed by atoms with Gasteiger partial charge in [0.1, 0.15) is 18.2 Å². The van der Waals surface area contributed by atoms with Gasteiger partial charge < -0.3 is 10.2 Å². The van der Waals surface area contributed by atoms with Gasteiger partial charge in [0.15, 0.2) is 5.65 Å². The molecular formula is C19H22N6O. The van der Waals surface area contributed by atoms with Crippen molar-refractivity contribution in [2.24, 2.45) is 0 Å². The van der Waals surface area contributed by atoms with E-state index in [1.54, 1.807) is 0 Å². The van der Waals surface area contributed by atoms with Crippen LogP contribution >= 0.6 is 0 Å². The van der Waals surface area contributed by atoms with E-state index in [1.165, 1.54) is 6.33 Å². The average Bonchev–Trinajstić information content (AvgIpc) is 3.36. The number of anilines is 1. The van der Waals surface area contributed by atoms with Gasteiger partial charge in [-0.2, -0.15) is 5.10 Å². The molecule has 1 atom stereocenters. The first-order valence-electron chi connectivity index (χ1n) is 9.06. The highest BCUT2D eigenvalue weighted by Gasteiger charge is 2.29. The smallest absolute Gasteiger partial charge is 0.249 e. The van der Waals surface area contributed by atoms with Gasteiger partial charge in [-0.25, -0.2) is 9.97 Å². The number of benzene rings is 1. The normalized spacial score (nSPS) is 15.3. The van der Waals surface area contributed by atoms with Gasteiger partial charge in [0.05, 0.1) is 5.39 Å². The van der Waals surface area contributed by atoms with Crippen molar-refractivity contribution in [2.45, 2.75) is 32.2 Å². The summed E-state index contributed by atoms with van der Waals surface area (Å²) in [7, 11) is 0. The zero-order chi connectivity index (χ0) is 17.9. The molecule has 0 aliphatic carbocycles. The maximum atomic E-state index is 13.2. The maximum absolute atomic E-state index is 13.2. The lowest BCUT2D eigenvalue weighted by atomic mass is 10.1. The second-order valence-electron chi connectivity index (χ2n) is 6.50. The molecule has 1 fully saturated rings. The number of hydrogen-bond donors (Lipinski definition) is 2. The average molecular weight is 350 g/mol. The zero-order valence-electron chi connectivity index (χ0n) is 14.8. The number of carbonyl (C=O) groups is 1. The van der Waals surface area contributed by atoms with E-state index in [4.69, 9.17) is 0 Å². The minimum Gasteiger partial charge on any atom is -0.354 e. The van der Waals surface area contributed by atoms with E-state index in [0.717, 1.165) is 49.0 Å². The van der Waals surface area contributed by atoms with Crippen LogP contribution in [0.2, 0.25) is 0 Å². The molecule has 1 amide bonds. The molecule has 1 saturated heterocycles. The van der Waals surface area contributed by atoms with E-state index in [1.807, 2.05) is 42.2 Å².